The number of rotatable bonds is 5. The topological polar surface area (TPSA) is 47.0 Å². The molecule has 0 spiro atoms. The van der Waals surface area contributed by atoms with E-state index < -0.39 is 0 Å². The highest BCUT2D eigenvalue weighted by Gasteiger charge is 2.22. The van der Waals surface area contributed by atoms with Gasteiger partial charge in [0, 0.05) is 18.0 Å². The summed E-state index contributed by atoms with van der Waals surface area (Å²) < 4.78 is 6.04. The number of nitrogens with one attached hydrogen (secondary N) is 1. The van der Waals surface area contributed by atoms with Gasteiger partial charge in [0.05, 0.1) is 0 Å². The van der Waals surface area contributed by atoms with Crippen molar-refractivity contribution in [2.75, 3.05) is 11.9 Å². The van der Waals surface area contributed by atoms with Gasteiger partial charge in [0.15, 0.2) is 0 Å². The number of ether oxygens (including phenoxy) is 1. The van der Waals surface area contributed by atoms with E-state index in [0.29, 0.717) is 6.10 Å². The van der Waals surface area contributed by atoms with Gasteiger partial charge in [0.1, 0.15) is 17.7 Å². The molecule has 112 valence electrons. The fraction of sp³-hybridized carbons (Fsp3) is 0.750. The lowest BCUT2D eigenvalue weighted by Gasteiger charge is -2.20. The van der Waals surface area contributed by atoms with Crippen molar-refractivity contribution < 1.29 is 4.74 Å². The van der Waals surface area contributed by atoms with Gasteiger partial charge in [-0.25, -0.2) is 4.98 Å². The Labute approximate surface area is 122 Å². The van der Waals surface area contributed by atoms with Crippen LogP contribution in [-0.2, 0) is 5.41 Å². The van der Waals surface area contributed by atoms with Gasteiger partial charge in [-0.1, -0.05) is 27.7 Å². The van der Waals surface area contributed by atoms with Crippen LogP contribution in [0, 0.1) is 0 Å². The zero-order valence-electron chi connectivity index (χ0n) is 13.2. The van der Waals surface area contributed by atoms with E-state index in [1.165, 1.54) is 12.8 Å². The molecule has 0 saturated heterocycles. The van der Waals surface area contributed by atoms with Gasteiger partial charge in [-0.2, -0.15) is 4.98 Å². The third kappa shape index (κ3) is 4.09. The molecule has 1 aromatic rings. The first kappa shape index (κ1) is 15.1. The smallest absolute Gasteiger partial charge is 0.219 e. The van der Waals surface area contributed by atoms with Crippen LogP contribution < -0.4 is 10.1 Å². The van der Waals surface area contributed by atoms with Crippen molar-refractivity contribution in [2.24, 2.45) is 0 Å². The largest absolute Gasteiger partial charge is 0.474 e. The van der Waals surface area contributed by atoms with E-state index in [9.17, 15) is 0 Å². The molecule has 2 rings (SSSR count). The first-order valence-electron chi connectivity index (χ1n) is 7.79. The zero-order valence-corrected chi connectivity index (χ0v) is 13.2. The quantitative estimate of drug-likeness (QED) is 0.886. The minimum atomic E-state index is -0.0717. The predicted octanol–water partition coefficient (Wildman–Crippen LogP) is 3.92. The van der Waals surface area contributed by atoms with Crippen molar-refractivity contribution >= 4 is 5.82 Å². The van der Waals surface area contributed by atoms with Crippen LogP contribution in [0.4, 0.5) is 5.82 Å². The van der Waals surface area contributed by atoms with Crippen LogP contribution in [0.5, 0.6) is 5.88 Å². The maximum absolute atomic E-state index is 6.04. The average molecular weight is 277 g/mol. The highest BCUT2D eigenvalue weighted by Crippen LogP contribution is 2.27. The van der Waals surface area contributed by atoms with E-state index in [-0.39, 0.29) is 5.41 Å². The summed E-state index contributed by atoms with van der Waals surface area (Å²) in [5.74, 6) is 2.43. The van der Waals surface area contributed by atoms with E-state index in [0.717, 1.165) is 43.3 Å². The van der Waals surface area contributed by atoms with Crippen LogP contribution in [0.15, 0.2) is 6.07 Å². The van der Waals surface area contributed by atoms with Gasteiger partial charge in [0.2, 0.25) is 5.88 Å². The molecule has 1 N–H and O–H groups in total. The molecule has 0 atom stereocenters. The van der Waals surface area contributed by atoms with Gasteiger partial charge in [0.25, 0.3) is 0 Å². The van der Waals surface area contributed by atoms with E-state index in [1.54, 1.807) is 0 Å². The summed E-state index contributed by atoms with van der Waals surface area (Å²) in [6.07, 6.45) is 6.23. The Morgan fingerprint density at radius 3 is 2.55 bits per heavy atom. The zero-order chi connectivity index (χ0) is 14.6. The lowest BCUT2D eigenvalue weighted by Crippen LogP contribution is -2.20. The van der Waals surface area contributed by atoms with E-state index >= 15 is 0 Å². The molecule has 1 saturated carbocycles. The Morgan fingerprint density at radius 2 is 1.95 bits per heavy atom. The molecule has 0 bridgehead atoms. The van der Waals surface area contributed by atoms with Crippen LogP contribution >= 0.6 is 0 Å². The monoisotopic (exact) mass is 277 g/mol. The SMILES string of the molecule is CCCNc1cc(OC2CCCC2)nc(C(C)(C)C)n1. The maximum Gasteiger partial charge on any atom is 0.219 e. The summed E-state index contributed by atoms with van der Waals surface area (Å²) in [6.45, 7) is 9.46. The first-order valence-corrected chi connectivity index (χ1v) is 7.79. The molecule has 1 aliphatic carbocycles. The number of aromatic nitrogens is 2. The third-order valence-electron chi connectivity index (χ3n) is 3.52. The second kappa shape index (κ2) is 6.42. The van der Waals surface area contributed by atoms with Gasteiger partial charge >= 0.3 is 0 Å². The Morgan fingerprint density at radius 1 is 1.25 bits per heavy atom. The van der Waals surface area contributed by atoms with Crippen LogP contribution in [0.1, 0.15) is 65.6 Å². The lowest BCUT2D eigenvalue weighted by molar-refractivity contribution is 0.200. The molecule has 20 heavy (non-hydrogen) atoms. The summed E-state index contributed by atoms with van der Waals surface area (Å²) in [6, 6.07) is 1.93. The number of anilines is 1. The van der Waals surface area contributed by atoms with Crippen LogP contribution in [0.25, 0.3) is 0 Å². The molecule has 1 fully saturated rings. The molecule has 1 aliphatic rings. The van der Waals surface area contributed by atoms with Crippen LogP contribution in [-0.4, -0.2) is 22.6 Å². The number of hydrogen-bond acceptors (Lipinski definition) is 4. The van der Waals surface area contributed by atoms with Crippen LogP contribution in [0.3, 0.4) is 0 Å². The average Bonchev–Trinajstić information content (AvgIpc) is 2.88. The predicted molar refractivity (Wildman–Crippen MR) is 82.4 cm³/mol. The third-order valence-corrected chi connectivity index (χ3v) is 3.52. The first-order chi connectivity index (χ1) is 9.49. The molecular weight excluding hydrogens is 250 g/mol. The molecule has 0 amide bonds. The van der Waals surface area contributed by atoms with E-state index in [1.807, 2.05) is 6.07 Å². The molecule has 0 aromatic carbocycles. The van der Waals surface area contributed by atoms with Crippen molar-refractivity contribution in [3.8, 4) is 5.88 Å². The fourth-order valence-corrected chi connectivity index (χ4v) is 2.34. The number of nitrogens with zero attached hydrogens (tertiary/aromatic N) is 2. The summed E-state index contributed by atoms with van der Waals surface area (Å²) in [7, 11) is 0. The standard InChI is InChI=1S/C16H27N3O/c1-5-10-17-13-11-14(20-12-8-6-7-9-12)19-15(18-13)16(2,3)4/h11-12H,5-10H2,1-4H3,(H,17,18,19). The van der Waals surface area contributed by atoms with Gasteiger partial charge in [-0.05, 0) is 32.1 Å². The molecule has 1 heterocycles. The van der Waals surface area contributed by atoms with Gasteiger partial charge < -0.3 is 10.1 Å². The van der Waals surface area contributed by atoms with Crippen molar-refractivity contribution in [2.45, 2.75) is 71.3 Å². The summed E-state index contributed by atoms with van der Waals surface area (Å²) in [5.41, 5.74) is -0.0717. The van der Waals surface area contributed by atoms with Crippen molar-refractivity contribution in [1.29, 1.82) is 0 Å². The minimum absolute atomic E-state index is 0.0717. The molecule has 1 aromatic heterocycles. The van der Waals surface area contributed by atoms with Crippen molar-refractivity contribution in [1.82, 2.24) is 9.97 Å². The molecule has 4 nitrogen and oxygen atoms in total. The lowest BCUT2D eigenvalue weighted by atomic mass is 9.96. The molecule has 0 radical (unpaired) electrons. The maximum atomic E-state index is 6.04. The Kier molecular flexibility index (Phi) is 4.84. The van der Waals surface area contributed by atoms with E-state index in [4.69, 9.17) is 4.74 Å². The Bertz CT molecular complexity index is 434. The summed E-state index contributed by atoms with van der Waals surface area (Å²) >= 11 is 0. The van der Waals surface area contributed by atoms with Crippen molar-refractivity contribution in [3.05, 3.63) is 11.9 Å². The highest BCUT2D eigenvalue weighted by molar-refractivity contribution is 5.39. The fourth-order valence-electron chi connectivity index (χ4n) is 2.34. The molecule has 4 heteroatoms. The van der Waals surface area contributed by atoms with Crippen molar-refractivity contribution in [3.63, 3.8) is 0 Å². The van der Waals surface area contributed by atoms with Gasteiger partial charge in [-0.3, -0.25) is 0 Å². The summed E-state index contributed by atoms with van der Waals surface area (Å²) in [5, 5.41) is 3.34. The molecule has 0 unspecified atom stereocenters. The second-order valence-corrected chi connectivity index (χ2v) is 6.62. The second-order valence-electron chi connectivity index (χ2n) is 6.62. The van der Waals surface area contributed by atoms with Crippen LogP contribution in [0.2, 0.25) is 0 Å². The minimum Gasteiger partial charge on any atom is -0.474 e. The normalized spacial score (nSPS) is 16.4. The number of hydrogen-bond donors (Lipinski definition) is 1. The van der Waals surface area contributed by atoms with E-state index in [2.05, 4.69) is 43.0 Å². The molecular formula is C16H27N3O. The molecule has 0 aliphatic heterocycles. The Hall–Kier alpha value is -1.32. The summed E-state index contributed by atoms with van der Waals surface area (Å²) in [4.78, 5) is 9.22. The Balaban J connectivity index is 2.19. The van der Waals surface area contributed by atoms with Gasteiger partial charge in [-0.15, -0.1) is 0 Å². The highest BCUT2D eigenvalue weighted by atomic mass is 16.5.